The van der Waals surface area contributed by atoms with E-state index in [1.165, 1.54) is 48.0 Å². The molecule has 0 unspecified atom stereocenters. The molecule has 3 heteroatoms. The zero-order chi connectivity index (χ0) is 37.7. The van der Waals surface area contributed by atoms with Crippen LogP contribution in [0.4, 0.5) is 0 Å². The van der Waals surface area contributed by atoms with Gasteiger partial charge in [-0.15, -0.1) is 0 Å². The van der Waals surface area contributed by atoms with Gasteiger partial charge in [0.05, 0.1) is 16.5 Å². The monoisotopic (exact) mass is 701 g/mol. The smallest absolute Gasteiger partial charge is 0.266 e. The zero-order valence-corrected chi connectivity index (χ0v) is 32.5. The van der Waals surface area contributed by atoms with Gasteiger partial charge in [-0.05, 0) is 148 Å². The molecule has 0 bridgehead atoms. The van der Waals surface area contributed by atoms with Crippen molar-refractivity contribution in [2.45, 2.75) is 73.1 Å². The van der Waals surface area contributed by atoms with E-state index in [2.05, 4.69) is 133 Å². The van der Waals surface area contributed by atoms with E-state index in [0.29, 0.717) is 16.5 Å². The number of hydrogen-bond donors (Lipinski definition) is 0. The van der Waals surface area contributed by atoms with Crippen LogP contribution >= 0.6 is 0 Å². The molecule has 0 N–H and O–H groups in total. The fraction of sp³-hybridized carbons (Fsp3) is 0.216. The Hall–Kier alpha value is -5.80. The van der Waals surface area contributed by atoms with Crippen LogP contribution in [0.15, 0.2) is 107 Å². The van der Waals surface area contributed by atoms with Crippen molar-refractivity contribution < 1.29 is 0 Å². The molecule has 0 fully saturated rings. The predicted molar refractivity (Wildman–Crippen MR) is 231 cm³/mol. The minimum Gasteiger partial charge on any atom is -0.268 e. The normalized spacial score (nSPS) is 13.1. The molecule has 0 radical (unpaired) electrons. The van der Waals surface area contributed by atoms with Gasteiger partial charge in [0.15, 0.2) is 0 Å². The Morgan fingerprint density at radius 2 is 0.852 bits per heavy atom. The Morgan fingerprint density at radius 1 is 0.426 bits per heavy atom. The molecule has 10 aromatic rings. The summed E-state index contributed by atoms with van der Waals surface area (Å²) in [6.45, 7) is 19.6. The first kappa shape index (κ1) is 32.8. The second-order valence-corrected chi connectivity index (χ2v) is 17.7. The molecule has 0 saturated heterocycles. The molecule has 1 aromatic heterocycles. The summed E-state index contributed by atoms with van der Waals surface area (Å²) in [7, 11) is 0. The molecule has 0 atom stereocenters. The number of hydrogen-bond acceptors (Lipinski definition) is 2. The average Bonchev–Trinajstić information content (AvgIpc) is 3.63. The highest BCUT2D eigenvalue weighted by Crippen LogP contribution is 2.54. The molecular weight excluding hydrogens is 659 g/mol. The fourth-order valence-electron chi connectivity index (χ4n) is 9.86. The van der Waals surface area contributed by atoms with Gasteiger partial charge < -0.3 is 0 Å². The molecule has 0 saturated carbocycles. The van der Waals surface area contributed by atoms with Gasteiger partial charge in [-0.1, -0.05) is 126 Å². The lowest BCUT2D eigenvalue weighted by atomic mass is 9.80. The summed E-state index contributed by atoms with van der Waals surface area (Å²) in [5.74, 6) is 0. The predicted octanol–water partition coefficient (Wildman–Crippen LogP) is 12.7. The highest BCUT2D eigenvalue weighted by molar-refractivity contribution is 6.50. The summed E-state index contributed by atoms with van der Waals surface area (Å²) in [6, 6.07) is 35.0. The van der Waals surface area contributed by atoms with E-state index in [1.54, 1.807) is 0 Å². The van der Waals surface area contributed by atoms with E-state index in [9.17, 15) is 0 Å². The van der Waals surface area contributed by atoms with Gasteiger partial charge in [0.2, 0.25) is 0 Å². The molecule has 1 heterocycles. The van der Waals surface area contributed by atoms with Gasteiger partial charge in [-0.25, -0.2) is 4.57 Å². The third-order valence-corrected chi connectivity index (χ3v) is 12.4. The van der Waals surface area contributed by atoms with Crippen LogP contribution in [0.3, 0.4) is 0 Å². The maximum Gasteiger partial charge on any atom is 0.266 e. The van der Waals surface area contributed by atoms with Crippen molar-refractivity contribution >= 4 is 64.6 Å². The molecule has 264 valence electrons. The molecule has 0 aliphatic carbocycles. The molecule has 0 aliphatic heterocycles. The quantitative estimate of drug-likeness (QED) is 0.172. The fourth-order valence-corrected chi connectivity index (χ4v) is 9.86. The van der Waals surface area contributed by atoms with Crippen molar-refractivity contribution in [1.29, 1.82) is 0 Å². The summed E-state index contributed by atoms with van der Waals surface area (Å²) >= 11 is 0. The minimum atomic E-state index is -0.247. The Bertz CT molecular complexity index is 3110. The Kier molecular flexibility index (Phi) is 6.48. The molecule has 10 rings (SSSR count). The summed E-state index contributed by atoms with van der Waals surface area (Å²) in [6.07, 6.45) is 0. The first-order valence-electron chi connectivity index (χ1n) is 19.1. The van der Waals surface area contributed by atoms with Crippen LogP contribution in [-0.2, 0) is 10.8 Å². The lowest BCUT2D eigenvalue weighted by Gasteiger charge is -2.24. The lowest BCUT2D eigenvalue weighted by Crippen LogP contribution is -2.25. The van der Waals surface area contributed by atoms with E-state index >= 15 is 9.59 Å². The van der Waals surface area contributed by atoms with Gasteiger partial charge in [-0.2, -0.15) is 0 Å². The Labute approximate surface area is 314 Å². The molecule has 9 aromatic carbocycles. The van der Waals surface area contributed by atoms with E-state index in [4.69, 9.17) is 0 Å². The SMILES string of the molecule is Cc1ccc(C)c(-n2c(=O)c3c4cc(-c5ccccc5C(C)(C)C)c5ccc6ccc7c(-c8ccccc8C(C)(C)C)cc(c3c2=O)c2c7c6c5c42)c1C. The number of aryl methyl sites for hydroxylation is 2. The lowest BCUT2D eigenvalue weighted by molar-refractivity contribution is 0.592. The second-order valence-electron chi connectivity index (χ2n) is 17.7. The first-order chi connectivity index (χ1) is 25.7. The van der Waals surface area contributed by atoms with Crippen molar-refractivity contribution in [1.82, 2.24) is 4.57 Å². The largest absolute Gasteiger partial charge is 0.268 e. The number of aromatic nitrogens is 1. The highest BCUT2D eigenvalue weighted by atomic mass is 16.2. The molecule has 0 amide bonds. The Morgan fingerprint density at radius 3 is 1.31 bits per heavy atom. The van der Waals surface area contributed by atoms with Crippen LogP contribution in [0.2, 0.25) is 0 Å². The third kappa shape index (κ3) is 4.13. The molecule has 0 aliphatic rings. The van der Waals surface area contributed by atoms with Crippen molar-refractivity contribution in [2.75, 3.05) is 0 Å². The van der Waals surface area contributed by atoms with E-state index in [0.717, 1.165) is 60.5 Å². The molecule has 54 heavy (non-hydrogen) atoms. The number of nitrogens with zero attached hydrogens (tertiary/aromatic N) is 1. The van der Waals surface area contributed by atoms with Crippen molar-refractivity contribution in [3.05, 3.63) is 146 Å². The van der Waals surface area contributed by atoms with Gasteiger partial charge in [0, 0.05) is 0 Å². The standard InChI is InChI=1S/C51H43NO2/c1-26-18-19-27(2)47(28(26)3)52-48(53)45-36-24-34(30-14-10-12-16-38(30)50(4,5)6)32-22-20-29-21-23-33-35(31-15-11-13-17-39(31)51(7,8)9)25-37(46(45)49(52)54)44-42(33)40(29)41(32)43(36)44/h10-25H,1-9H3. The van der Waals surface area contributed by atoms with Crippen LogP contribution in [-0.4, -0.2) is 4.57 Å². The van der Waals surface area contributed by atoms with Crippen molar-refractivity contribution in [3.8, 4) is 27.9 Å². The maximum atomic E-state index is 15.3. The van der Waals surface area contributed by atoms with Gasteiger partial charge in [0.25, 0.3) is 11.1 Å². The van der Waals surface area contributed by atoms with Crippen LogP contribution in [0.1, 0.15) is 69.4 Å². The van der Waals surface area contributed by atoms with Crippen LogP contribution in [0.5, 0.6) is 0 Å². The summed E-state index contributed by atoms with van der Waals surface area (Å²) < 4.78 is 1.48. The second kappa shape index (κ2) is 10.7. The maximum absolute atomic E-state index is 15.3. The summed E-state index contributed by atoms with van der Waals surface area (Å²) in [4.78, 5) is 30.6. The van der Waals surface area contributed by atoms with Gasteiger partial charge in [0.1, 0.15) is 0 Å². The van der Waals surface area contributed by atoms with Gasteiger partial charge >= 0.3 is 0 Å². The zero-order valence-electron chi connectivity index (χ0n) is 32.5. The van der Waals surface area contributed by atoms with Crippen molar-refractivity contribution in [3.63, 3.8) is 0 Å². The van der Waals surface area contributed by atoms with Crippen LogP contribution < -0.4 is 11.1 Å². The van der Waals surface area contributed by atoms with Crippen LogP contribution in [0, 0.1) is 20.8 Å². The Balaban J connectivity index is 1.52. The van der Waals surface area contributed by atoms with Gasteiger partial charge in [-0.3, -0.25) is 9.59 Å². The summed E-state index contributed by atoms with van der Waals surface area (Å²) in [5.41, 5.74) is 9.86. The number of rotatable bonds is 3. The number of benzene rings is 8. The minimum absolute atomic E-state index is 0.116. The molecular formula is C51H43NO2. The van der Waals surface area contributed by atoms with E-state index in [1.807, 2.05) is 26.8 Å². The number of fused-ring (bicyclic) bond motifs is 3. The van der Waals surface area contributed by atoms with E-state index in [-0.39, 0.29) is 21.9 Å². The molecule has 3 nitrogen and oxygen atoms in total. The summed E-state index contributed by atoms with van der Waals surface area (Å²) in [5, 5.41) is 12.0. The molecule has 0 spiro atoms. The van der Waals surface area contributed by atoms with Crippen molar-refractivity contribution in [2.24, 2.45) is 0 Å². The first-order valence-corrected chi connectivity index (χ1v) is 19.1. The average molecular weight is 702 g/mol. The third-order valence-electron chi connectivity index (χ3n) is 12.4. The topological polar surface area (TPSA) is 39.1 Å². The highest BCUT2D eigenvalue weighted by Gasteiger charge is 2.32. The van der Waals surface area contributed by atoms with Crippen LogP contribution in [0.25, 0.3) is 92.6 Å². The van der Waals surface area contributed by atoms with E-state index < -0.39 is 0 Å².